The van der Waals surface area contributed by atoms with Gasteiger partial charge in [0.05, 0.1) is 24.3 Å². The topological polar surface area (TPSA) is 76.5 Å². The SMILES string of the molecule is CC1c2c(F)cccc2CCN1C(=O)c1ccoc1CC(N)=O. The molecule has 0 fully saturated rings. The van der Waals surface area contributed by atoms with Crippen LogP contribution in [0.1, 0.15) is 40.2 Å². The molecule has 1 aromatic heterocycles. The fourth-order valence-corrected chi connectivity index (χ4v) is 3.12. The van der Waals surface area contributed by atoms with Crippen LogP contribution in [0.15, 0.2) is 34.9 Å². The van der Waals surface area contributed by atoms with E-state index in [4.69, 9.17) is 10.2 Å². The van der Waals surface area contributed by atoms with Crippen molar-refractivity contribution in [3.63, 3.8) is 0 Å². The first-order chi connectivity index (χ1) is 11.0. The molecular formula is C17H17FN2O3. The minimum atomic E-state index is -0.572. The zero-order valence-electron chi connectivity index (χ0n) is 12.7. The van der Waals surface area contributed by atoms with Crippen molar-refractivity contribution in [1.29, 1.82) is 0 Å². The Labute approximate surface area is 132 Å². The van der Waals surface area contributed by atoms with Gasteiger partial charge in [0.1, 0.15) is 11.6 Å². The molecule has 0 aliphatic carbocycles. The van der Waals surface area contributed by atoms with Crippen LogP contribution in [0.25, 0.3) is 0 Å². The lowest BCUT2D eigenvalue weighted by atomic mass is 9.92. The summed E-state index contributed by atoms with van der Waals surface area (Å²) in [6.45, 7) is 2.28. The van der Waals surface area contributed by atoms with Crippen LogP contribution in [0.3, 0.4) is 0 Å². The van der Waals surface area contributed by atoms with E-state index < -0.39 is 5.91 Å². The van der Waals surface area contributed by atoms with Crippen molar-refractivity contribution >= 4 is 11.8 Å². The van der Waals surface area contributed by atoms with Crippen molar-refractivity contribution in [3.8, 4) is 0 Å². The molecule has 2 N–H and O–H groups in total. The summed E-state index contributed by atoms with van der Waals surface area (Å²) in [6.07, 6.45) is 1.81. The number of fused-ring (bicyclic) bond motifs is 1. The summed E-state index contributed by atoms with van der Waals surface area (Å²) in [4.78, 5) is 25.5. The summed E-state index contributed by atoms with van der Waals surface area (Å²) in [7, 11) is 0. The van der Waals surface area contributed by atoms with Gasteiger partial charge in [-0.15, -0.1) is 0 Å². The highest BCUT2D eigenvalue weighted by atomic mass is 19.1. The lowest BCUT2D eigenvalue weighted by Gasteiger charge is -2.35. The Bertz CT molecular complexity index is 769. The van der Waals surface area contributed by atoms with Crippen molar-refractivity contribution in [2.45, 2.75) is 25.8 Å². The minimum absolute atomic E-state index is 0.138. The van der Waals surface area contributed by atoms with Crippen molar-refractivity contribution in [1.82, 2.24) is 4.90 Å². The van der Waals surface area contributed by atoms with Crippen LogP contribution in [0.5, 0.6) is 0 Å². The lowest BCUT2D eigenvalue weighted by molar-refractivity contribution is -0.117. The number of hydrogen-bond donors (Lipinski definition) is 1. The molecule has 1 aromatic carbocycles. The van der Waals surface area contributed by atoms with E-state index in [1.165, 1.54) is 18.4 Å². The van der Waals surface area contributed by atoms with Crippen LogP contribution >= 0.6 is 0 Å². The Morgan fingerprint density at radius 2 is 2.17 bits per heavy atom. The molecule has 23 heavy (non-hydrogen) atoms. The van der Waals surface area contributed by atoms with Crippen molar-refractivity contribution in [2.24, 2.45) is 5.73 Å². The number of nitrogens with zero attached hydrogens (tertiary/aromatic N) is 1. The number of hydrogen-bond acceptors (Lipinski definition) is 3. The van der Waals surface area contributed by atoms with Gasteiger partial charge < -0.3 is 15.1 Å². The molecule has 1 atom stereocenters. The summed E-state index contributed by atoms with van der Waals surface area (Å²) < 4.78 is 19.3. The molecule has 0 radical (unpaired) electrons. The van der Waals surface area contributed by atoms with E-state index in [2.05, 4.69) is 0 Å². The molecule has 0 saturated carbocycles. The first-order valence-electron chi connectivity index (χ1n) is 7.42. The molecule has 5 nitrogen and oxygen atoms in total. The second-order valence-electron chi connectivity index (χ2n) is 5.64. The zero-order chi connectivity index (χ0) is 16.6. The molecule has 0 saturated heterocycles. The third-order valence-corrected chi connectivity index (χ3v) is 4.22. The molecule has 2 heterocycles. The smallest absolute Gasteiger partial charge is 0.257 e. The van der Waals surface area contributed by atoms with Gasteiger partial charge in [0, 0.05) is 12.1 Å². The fourth-order valence-electron chi connectivity index (χ4n) is 3.12. The average molecular weight is 316 g/mol. The van der Waals surface area contributed by atoms with Gasteiger partial charge in [0.15, 0.2) is 0 Å². The van der Waals surface area contributed by atoms with E-state index >= 15 is 0 Å². The standard InChI is InChI=1S/C17H17FN2O3/c1-10-16-11(3-2-4-13(16)18)5-7-20(10)17(22)12-6-8-23-14(12)9-15(19)21/h2-4,6,8,10H,5,7,9H2,1H3,(H2,19,21). The highest BCUT2D eigenvalue weighted by molar-refractivity contribution is 5.96. The van der Waals surface area contributed by atoms with E-state index in [1.807, 2.05) is 6.07 Å². The van der Waals surface area contributed by atoms with Crippen LogP contribution in [0.2, 0.25) is 0 Å². The van der Waals surface area contributed by atoms with E-state index in [0.29, 0.717) is 24.1 Å². The Balaban J connectivity index is 1.91. The summed E-state index contributed by atoms with van der Waals surface area (Å²) in [5, 5.41) is 0. The highest BCUT2D eigenvalue weighted by Gasteiger charge is 2.32. The number of carbonyl (C=O) groups excluding carboxylic acids is 2. The maximum absolute atomic E-state index is 14.1. The number of furan rings is 1. The Morgan fingerprint density at radius 1 is 1.39 bits per heavy atom. The van der Waals surface area contributed by atoms with Gasteiger partial charge >= 0.3 is 0 Å². The second kappa shape index (κ2) is 5.87. The van der Waals surface area contributed by atoms with Crippen LogP contribution in [-0.4, -0.2) is 23.3 Å². The maximum atomic E-state index is 14.1. The van der Waals surface area contributed by atoms with Gasteiger partial charge in [0.2, 0.25) is 5.91 Å². The highest BCUT2D eigenvalue weighted by Crippen LogP contribution is 2.33. The fraction of sp³-hybridized carbons (Fsp3) is 0.294. The molecule has 2 amide bonds. The van der Waals surface area contributed by atoms with E-state index in [9.17, 15) is 14.0 Å². The van der Waals surface area contributed by atoms with Crippen molar-refractivity contribution in [2.75, 3.05) is 6.54 Å². The number of nitrogens with two attached hydrogens (primary N) is 1. The largest absolute Gasteiger partial charge is 0.468 e. The summed E-state index contributed by atoms with van der Waals surface area (Å²) in [6, 6.07) is 6.10. The Morgan fingerprint density at radius 3 is 2.91 bits per heavy atom. The third-order valence-electron chi connectivity index (χ3n) is 4.22. The van der Waals surface area contributed by atoms with Gasteiger partial charge in [-0.3, -0.25) is 9.59 Å². The number of primary amides is 1. The van der Waals surface area contributed by atoms with Crippen molar-refractivity contribution < 1.29 is 18.4 Å². The monoisotopic (exact) mass is 316 g/mol. The van der Waals surface area contributed by atoms with Crippen LogP contribution < -0.4 is 5.73 Å². The number of carbonyl (C=O) groups is 2. The number of benzene rings is 1. The Hall–Kier alpha value is -2.63. The normalized spacial score (nSPS) is 17.0. The molecule has 1 unspecified atom stereocenters. The van der Waals surface area contributed by atoms with Crippen molar-refractivity contribution in [3.05, 3.63) is 58.8 Å². The molecule has 1 aliphatic rings. The van der Waals surface area contributed by atoms with Gasteiger partial charge in [-0.25, -0.2) is 4.39 Å². The molecule has 6 heteroatoms. The molecule has 0 spiro atoms. The van der Waals surface area contributed by atoms with E-state index in [1.54, 1.807) is 17.9 Å². The zero-order valence-corrected chi connectivity index (χ0v) is 12.7. The van der Waals surface area contributed by atoms with Crippen LogP contribution in [-0.2, 0) is 17.6 Å². The molecule has 120 valence electrons. The average Bonchev–Trinajstić information content (AvgIpc) is 2.94. The van der Waals surface area contributed by atoms with Gasteiger partial charge in [-0.05, 0) is 31.0 Å². The number of rotatable bonds is 3. The summed E-state index contributed by atoms with van der Waals surface area (Å²) >= 11 is 0. The summed E-state index contributed by atoms with van der Waals surface area (Å²) in [5.41, 5.74) is 6.94. The lowest BCUT2D eigenvalue weighted by Crippen LogP contribution is -2.39. The molecule has 0 bridgehead atoms. The molecule has 3 rings (SSSR count). The molecule has 1 aliphatic heterocycles. The van der Waals surface area contributed by atoms with E-state index in [-0.39, 0.29) is 29.9 Å². The Kier molecular flexibility index (Phi) is 3.90. The van der Waals surface area contributed by atoms with Crippen LogP contribution in [0.4, 0.5) is 4.39 Å². The molecular weight excluding hydrogens is 299 g/mol. The van der Waals surface area contributed by atoms with Gasteiger partial charge in [-0.1, -0.05) is 12.1 Å². The first-order valence-corrected chi connectivity index (χ1v) is 7.42. The minimum Gasteiger partial charge on any atom is -0.468 e. The summed E-state index contributed by atoms with van der Waals surface area (Å²) in [5.74, 6) is -0.917. The van der Waals surface area contributed by atoms with Gasteiger partial charge in [0.25, 0.3) is 5.91 Å². The third kappa shape index (κ3) is 2.72. The second-order valence-corrected chi connectivity index (χ2v) is 5.64. The van der Waals surface area contributed by atoms with E-state index in [0.717, 1.165) is 5.56 Å². The molecule has 2 aromatic rings. The number of halogens is 1. The predicted octanol–water partition coefficient (Wildman–Crippen LogP) is 2.21. The maximum Gasteiger partial charge on any atom is 0.257 e. The number of amides is 2. The predicted molar refractivity (Wildman–Crippen MR) is 81.2 cm³/mol. The first kappa shape index (κ1) is 15.3. The quantitative estimate of drug-likeness (QED) is 0.943. The van der Waals surface area contributed by atoms with Crippen LogP contribution in [0, 0.1) is 5.82 Å². The van der Waals surface area contributed by atoms with Gasteiger partial charge in [-0.2, -0.15) is 0 Å².